The van der Waals surface area contributed by atoms with Crippen LogP contribution in [-0.4, -0.2) is 23.7 Å². The Morgan fingerprint density at radius 2 is 2.11 bits per heavy atom. The molecule has 18 heavy (non-hydrogen) atoms. The van der Waals surface area contributed by atoms with Gasteiger partial charge in [0.15, 0.2) is 0 Å². The zero-order chi connectivity index (χ0) is 13.3. The standard InChI is InChI=1S/C14H18BrNO2/c1-9-3-4-10(2)16(8-9)13-7-11(15)5-6-12(13)14(17)18/h5-7,9-10H,3-4,8H2,1-2H3,(H,17,18). The van der Waals surface area contributed by atoms with Crippen LogP contribution < -0.4 is 4.90 Å². The smallest absolute Gasteiger partial charge is 0.337 e. The molecule has 1 saturated heterocycles. The zero-order valence-corrected chi connectivity index (χ0v) is 12.3. The SMILES string of the molecule is CC1CCC(C)N(c2cc(Br)ccc2C(=O)O)C1. The number of aromatic carboxylic acids is 1. The van der Waals surface area contributed by atoms with E-state index in [-0.39, 0.29) is 0 Å². The third-order valence-corrected chi connectivity index (χ3v) is 4.11. The van der Waals surface area contributed by atoms with Crippen molar-refractivity contribution >= 4 is 27.6 Å². The van der Waals surface area contributed by atoms with Crippen LogP contribution in [0.3, 0.4) is 0 Å². The van der Waals surface area contributed by atoms with E-state index in [1.165, 1.54) is 6.42 Å². The Morgan fingerprint density at radius 1 is 1.39 bits per heavy atom. The number of carboxylic acids is 1. The fraction of sp³-hybridized carbons (Fsp3) is 0.500. The number of piperidine rings is 1. The maximum absolute atomic E-state index is 11.3. The molecule has 0 aromatic heterocycles. The molecule has 0 radical (unpaired) electrons. The second-order valence-corrected chi connectivity index (χ2v) is 6.07. The van der Waals surface area contributed by atoms with Gasteiger partial charge < -0.3 is 10.0 Å². The van der Waals surface area contributed by atoms with Crippen molar-refractivity contribution in [1.29, 1.82) is 0 Å². The molecule has 2 rings (SSSR count). The maximum Gasteiger partial charge on any atom is 0.337 e. The van der Waals surface area contributed by atoms with Gasteiger partial charge in [-0.05, 0) is 43.9 Å². The fourth-order valence-corrected chi connectivity index (χ4v) is 2.90. The molecular weight excluding hydrogens is 294 g/mol. The first kappa shape index (κ1) is 13.4. The molecule has 0 spiro atoms. The van der Waals surface area contributed by atoms with Gasteiger partial charge in [-0.25, -0.2) is 4.79 Å². The quantitative estimate of drug-likeness (QED) is 0.903. The first-order valence-corrected chi connectivity index (χ1v) is 7.08. The minimum Gasteiger partial charge on any atom is -0.478 e. The van der Waals surface area contributed by atoms with Crippen molar-refractivity contribution in [2.45, 2.75) is 32.7 Å². The summed E-state index contributed by atoms with van der Waals surface area (Å²) in [6.07, 6.45) is 2.33. The molecule has 3 nitrogen and oxygen atoms in total. The highest BCUT2D eigenvalue weighted by Crippen LogP contribution is 2.32. The molecule has 1 aromatic carbocycles. The van der Waals surface area contributed by atoms with Gasteiger partial charge in [0.2, 0.25) is 0 Å². The number of hydrogen-bond acceptors (Lipinski definition) is 2. The van der Waals surface area contributed by atoms with Crippen LogP contribution in [0.5, 0.6) is 0 Å². The second-order valence-electron chi connectivity index (χ2n) is 5.15. The van der Waals surface area contributed by atoms with E-state index >= 15 is 0 Å². The van der Waals surface area contributed by atoms with E-state index in [4.69, 9.17) is 0 Å². The highest BCUT2D eigenvalue weighted by molar-refractivity contribution is 9.10. The third-order valence-electron chi connectivity index (χ3n) is 3.62. The van der Waals surface area contributed by atoms with E-state index in [9.17, 15) is 9.90 Å². The summed E-state index contributed by atoms with van der Waals surface area (Å²) >= 11 is 3.43. The molecule has 2 unspecified atom stereocenters. The number of rotatable bonds is 2. The minimum atomic E-state index is -0.858. The molecule has 1 N–H and O–H groups in total. The average molecular weight is 312 g/mol. The number of carbonyl (C=O) groups is 1. The topological polar surface area (TPSA) is 40.5 Å². The predicted molar refractivity (Wildman–Crippen MR) is 76.3 cm³/mol. The van der Waals surface area contributed by atoms with Gasteiger partial charge in [0.05, 0.1) is 11.3 Å². The molecule has 0 bridgehead atoms. The van der Waals surface area contributed by atoms with Crippen molar-refractivity contribution in [2.75, 3.05) is 11.4 Å². The van der Waals surface area contributed by atoms with Gasteiger partial charge in [-0.1, -0.05) is 22.9 Å². The van der Waals surface area contributed by atoms with Crippen molar-refractivity contribution < 1.29 is 9.90 Å². The summed E-state index contributed by atoms with van der Waals surface area (Å²) in [5, 5.41) is 9.30. The maximum atomic E-state index is 11.3. The van der Waals surface area contributed by atoms with E-state index in [1.807, 2.05) is 6.07 Å². The molecular formula is C14H18BrNO2. The Kier molecular flexibility index (Phi) is 3.95. The van der Waals surface area contributed by atoms with Crippen molar-refractivity contribution in [3.63, 3.8) is 0 Å². The first-order valence-electron chi connectivity index (χ1n) is 6.28. The summed E-state index contributed by atoms with van der Waals surface area (Å²) in [4.78, 5) is 13.5. The molecule has 98 valence electrons. The number of halogens is 1. The highest BCUT2D eigenvalue weighted by atomic mass is 79.9. The molecule has 1 fully saturated rings. The predicted octanol–water partition coefficient (Wildman–Crippen LogP) is 3.77. The van der Waals surface area contributed by atoms with Gasteiger partial charge in [0, 0.05) is 17.1 Å². The Labute approximate surface area is 116 Å². The number of benzene rings is 1. The molecule has 0 amide bonds. The lowest BCUT2D eigenvalue weighted by molar-refractivity contribution is 0.0697. The Hall–Kier alpha value is -1.03. The highest BCUT2D eigenvalue weighted by Gasteiger charge is 2.26. The van der Waals surface area contributed by atoms with E-state index in [2.05, 4.69) is 34.7 Å². The van der Waals surface area contributed by atoms with Gasteiger partial charge in [0.25, 0.3) is 0 Å². The largest absolute Gasteiger partial charge is 0.478 e. The monoisotopic (exact) mass is 311 g/mol. The number of hydrogen-bond donors (Lipinski definition) is 1. The lowest BCUT2D eigenvalue weighted by Crippen LogP contribution is -2.41. The van der Waals surface area contributed by atoms with Crippen LogP contribution in [0.15, 0.2) is 22.7 Å². The van der Waals surface area contributed by atoms with E-state index < -0.39 is 5.97 Å². The van der Waals surface area contributed by atoms with Crippen molar-refractivity contribution in [3.05, 3.63) is 28.2 Å². The molecule has 1 aliphatic heterocycles. The lowest BCUT2D eigenvalue weighted by atomic mass is 9.94. The summed E-state index contributed by atoms with van der Waals surface area (Å²) < 4.78 is 0.924. The van der Waals surface area contributed by atoms with Gasteiger partial charge in [-0.2, -0.15) is 0 Å². The molecule has 0 saturated carbocycles. The Morgan fingerprint density at radius 3 is 2.78 bits per heavy atom. The molecule has 2 atom stereocenters. The van der Waals surface area contributed by atoms with Crippen LogP contribution in [0, 0.1) is 5.92 Å². The molecule has 1 aromatic rings. The average Bonchev–Trinajstić information content (AvgIpc) is 2.31. The molecule has 1 aliphatic rings. The Balaban J connectivity index is 2.41. The van der Waals surface area contributed by atoms with Crippen LogP contribution in [-0.2, 0) is 0 Å². The van der Waals surface area contributed by atoms with Crippen molar-refractivity contribution in [2.24, 2.45) is 5.92 Å². The number of nitrogens with zero attached hydrogens (tertiary/aromatic N) is 1. The summed E-state index contributed by atoms with van der Waals surface area (Å²) in [7, 11) is 0. The fourth-order valence-electron chi connectivity index (χ4n) is 2.55. The molecule has 4 heteroatoms. The molecule has 1 heterocycles. The van der Waals surface area contributed by atoms with E-state index in [0.29, 0.717) is 17.5 Å². The summed E-state index contributed by atoms with van der Waals surface area (Å²) in [5.41, 5.74) is 1.22. The normalized spacial score (nSPS) is 24.1. The molecule has 0 aliphatic carbocycles. The van der Waals surface area contributed by atoms with Crippen LogP contribution >= 0.6 is 15.9 Å². The number of anilines is 1. The lowest BCUT2D eigenvalue weighted by Gasteiger charge is -2.39. The van der Waals surface area contributed by atoms with Gasteiger partial charge in [-0.3, -0.25) is 0 Å². The number of carboxylic acid groups (broad SMARTS) is 1. The van der Waals surface area contributed by atoms with Crippen LogP contribution in [0.1, 0.15) is 37.0 Å². The summed E-state index contributed by atoms with van der Waals surface area (Å²) in [6.45, 7) is 5.31. The summed E-state index contributed by atoms with van der Waals surface area (Å²) in [6, 6.07) is 5.77. The first-order chi connectivity index (χ1) is 8.49. The second kappa shape index (κ2) is 5.31. The van der Waals surface area contributed by atoms with E-state index in [1.54, 1.807) is 12.1 Å². The van der Waals surface area contributed by atoms with Crippen LogP contribution in [0.2, 0.25) is 0 Å². The van der Waals surface area contributed by atoms with Crippen molar-refractivity contribution in [1.82, 2.24) is 0 Å². The van der Waals surface area contributed by atoms with Crippen LogP contribution in [0.25, 0.3) is 0 Å². The third kappa shape index (κ3) is 2.69. The van der Waals surface area contributed by atoms with Gasteiger partial charge in [-0.15, -0.1) is 0 Å². The van der Waals surface area contributed by atoms with Crippen molar-refractivity contribution in [3.8, 4) is 0 Å². The van der Waals surface area contributed by atoms with Crippen LogP contribution in [0.4, 0.5) is 5.69 Å². The van der Waals surface area contributed by atoms with Gasteiger partial charge in [0.1, 0.15) is 0 Å². The Bertz CT molecular complexity index is 461. The zero-order valence-electron chi connectivity index (χ0n) is 10.7. The van der Waals surface area contributed by atoms with Gasteiger partial charge >= 0.3 is 5.97 Å². The summed E-state index contributed by atoms with van der Waals surface area (Å²) in [5.74, 6) is -0.246. The minimum absolute atomic E-state index is 0.388. The van der Waals surface area contributed by atoms with E-state index in [0.717, 1.165) is 23.1 Å².